The van der Waals surface area contributed by atoms with Crippen LogP contribution < -0.4 is 14.4 Å². The minimum absolute atomic E-state index is 0.0540. The van der Waals surface area contributed by atoms with E-state index in [-0.39, 0.29) is 29.1 Å². The van der Waals surface area contributed by atoms with Crippen molar-refractivity contribution in [2.45, 2.75) is 76.4 Å². The van der Waals surface area contributed by atoms with Crippen molar-refractivity contribution >= 4 is 27.5 Å². The fraction of sp³-hybridized carbons (Fsp3) is 0.394. The second-order valence-corrected chi connectivity index (χ2v) is 12.7. The van der Waals surface area contributed by atoms with Gasteiger partial charge in [0.05, 0.1) is 17.2 Å². The third kappa shape index (κ3) is 8.13. The van der Waals surface area contributed by atoms with E-state index in [1.54, 1.807) is 31.2 Å². The molecule has 1 unspecified atom stereocenters. The molecule has 0 aliphatic heterocycles. The van der Waals surface area contributed by atoms with Gasteiger partial charge in [0, 0.05) is 12.6 Å². The van der Waals surface area contributed by atoms with Crippen molar-refractivity contribution in [2.75, 3.05) is 17.5 Å². The van der Waals surface area contributed by atoms with Gasteiger partial charge in [-0.25, -0.2) is 12.8 Å². The quantitative estimate of drug-likeness (QED) is 0.289. The first-order chi connectivity index (χ1) is 20.6. The third-order valence-corrected chi connectivity index (χ3v) is 9.63. The molecule has 43 heavy (non-hydrogen) atoms. The Morgan fingerprint density at radius 3 is 2.26 bits per heavy atom. The summed E-state index contributed by atoms with van der Waals surface area (Å²) < 4.78 is 48.0. The van der Waals surface area contributed by atoms with Crippen LogP contribution in [0.3, 0.4) is 0 Å². The standard InChI is InChI=1S/C33H40FN3O5S/c1-4-42-30-18-16-29(17-19-30)37(43(40,41)31-20-14-27(34)15-21-31)23-32(38)36(22-26-11-9-8-10-24(26)2)25(3)33(39)35-28-12-6-5-7-13-28/h8-11,14-21,25,28H,4-7,12-13,22-23H2,1-3H3,(H,35,39). The van der Waals surface area contributed by atoms with E-state index in [1.807, 2.05) is 38.1 Å². The van der Waals surface area contributed by atoms with Crippen LogP contribution >= 0.6 is 0 Å². The lowest BCUT2D eigenvalue weighted by atomic mass is 9.95. The molecule has 0 spiro atoms. The van der Waals surface area contributed by atoms with Crippen LogP contribution in [0.4, 0.5) is 10.1 Å². The topological polar surface area (TPSA) is 96.0 Å². The number of hydrogen-bond acceptors (Lipinski definition) is 5. The van der Waals surface area contributed by atoms with Crippen LogP contribution in [0.15, 0.2) is 77.7 Å². The van der Waals surface area contributed by atoms with Gasteiger partial charge in [-0.2, -0.15) is 0 Å². The number of rotatable bonds is 12. The number of hydrogen-bond donors (Lipinski definition) is 1. The summed E-state index contributed by atoms with van der Waals surface area (Å²) in [7, 11) is -4.30. The number of ether oxygens (including phenoxy) is 1. The van der Waals surface area contributed by atoms with Gasteiger partial charge in [0.25, 0.3) is 10.0 Å². The molecule has 0 heterocycles. The van der Waals surface area contributed by atoms with Crippen LogP contribution in [0, 0.1) is 12.7 Å². The molecule has 3 aromatic rings. The number of carbonyl (C=O) groups excluding carboxylic acids is 2. The zero-order chi connectivity index (χ0) is 31.0. The Kier molecular flexibility index (Phi) is 10.8. The van der Waals surface area contributed by atoms with E-state index in [0.717, 1.165) is 59.7 Å². The maximum Gasteiger partial charge on any atom is 0.264 e. The third-order valence-electron chi connectivity index (χ3n) is 7.84. The van der Waals surface area contributed by atoms with Crippen LogP contribution in [0.25, 0.3) is 0 Å². The first kappa shape index (κ1) is 32.0. The second-order valence-electron chi connectivity index (χ2n) is 10.9. The van der Waals surface area contributed by atoms with E-state index in [4.69, 9.17) is 4.74 Å². The number of nitrogens with zero attached hydrogens (tertiary/aromatic N) is 2. The van der Waals surface area contributed by atoms with Crippen LogP contribution in [-0.2, 0) is 26.2 Å². The lowest BCUT2D eigenvalue weighted by molar-refractivity contribution is -0.139. The lowest BCUT2D eigenvalue weighted by Crippen LogP contribution is -2.53. The number of sulfonamides is 1. The van der Waals surface area contributed by atoms with Gasteiger partial charge in [-0.15, -0.1) is 0 Å². The van der Waals surface area contributed by atoms with Gasteiger partial charge in [-0.05, 0) is 93.3 Å². The summed E-state index contributed by atoms with van der Waals surface area (Å²) in [5.74, 6) is -0.854. The highest BCUT2D eigenvalue weighted by Crippen LogP contribution is 2.27. The fourth-order valence-corrected chi connectivity index (χ4v) is 6.67. The highest BCUT2D eigenvalue weighted by Gasteiger charge is 2.33. The molecule has 230 valence electrons. The first-order valence-corrected chi connectivity index (χ1v) is 16.2. The summed E-state index contributed by atoms with van der Waals surface area (Å²) in [6, 6.07) is 17.6. The summed E-state index contributed by atoms with van der Waals surface area (Å²) in [5, 5.41) is 3.10. The molecular formula is C33H40FN3O5S. The number of carbonyl (C=O) groups is 2. The van der Waals surface area contributed by atoms with E-state index in [2.05, 4.69) is 5.32 Å². The molecule has 1 atom stereocenters. The maximum atomic E-state index is 14.1. The van der Waals surface area contributed by atoms with E-state index in [9.17, 15) is 22.4 Å². The Morgan fingerprint density at radius 1 is 0.977 bits per heavy atom. The molecule has 0 bridgehead atoms. The van der Waals surface area contributed by atoms with Crippen LogP contribution in [0.2, 0.25) is 0 Å². The van der Waals surface area contributed by atoms with Crippen molar-refractivity contribution in [3.63, 3.8) is 0 Å². The van der Waals surface area contributed by atoms with Crippen LogP contribution in [0.5, 0.6) is 5.75 Å². The largest absolute Gasteiger partial charge is 0.494 e. The van der Waals surface area contributed by atoms with Gasteiger partial charge in [0.2, 0.25) is 11.8 Å². The molecule has 1 fully saturated rings. The lowest BCUT2D eigenvalue weighted by Gasteiger charge is -2.33. The molecule has 1 N–H and O–H groups in total. The molecule has 0 aromatic heterocycles. The number of nitrogens with one attached hydrogen (secondary N) is 1. The summed E-state index contributed by atoms with van der Waals surface area (Å²) in [4.78, 5) is 28.9. The average molecular weight is 610 g/mol. The smallest absolute Gasteiger partial charge is 0.264 e. The molecule has 1 aliphatic carbocycles. The average Bonchev–Trinajstić information content (AvgIpc) is 3.00. The number of anilines is 1. The van der Waals surface area contributed by atoms with Gasteiger partial charge < -0.3 is 15.0 Å². The van der Waals surface area contributed by atoms with Gasteiger partial charge in [0.15, 0.2) is 0 Å². The minimum Gasteiger partial charge on any atom is -0.494 e. The Balaban J connectivity index is 1.68. The van der Waals surface area contributed by atoms with Gasteiger partial charge in [0.1, 0.15) is 24.2 Å². The van der Waals surface area contributed by atoms with E-state index in [0.29, 0.717) is 12.4 Å². The highest BCUT2D eigenvalue weighted by molar-refractivity contribution is 7.92. The summed E-state index contributed by atoms with van der Waals surface area (Å²) in [6.07, 6.45) is 5.02. The van der Waals surface area contributed by atoms with E-state index >= 15 is 0 Å². The van der Waals surface area contributed by atoms with E-state index < -0.39 is 34.3 Å². The SMILES string of the molecule is CCOc1ccc(N(CC(=O)N(Cc2ccccc2C)C(C)C(=O)NC2CCCCC2)S(=O)(=O)c2ccc(F)cc2)cc1. The zero-order valence-corrected chi connectivity index (χ0v) is 25.8. The highest BCUT2D eigenvalue weighted by atomic mass is 32.2. The predicted molar refractivity (Wildman–Crippen MR) is 165 cm³/mol. The normalized spacial score (nSPS) is 14.5. The molecule has 4 rings (SSSR count). The van der Waals surface area contributed by atoms with Gasteiger partial charge >= 0.3 is 0 Å². The summed E-state index contributed by atoms with van der Waals surface area (Å²) in [5.41, 5.74) is 2.03. The van der Waals surface area contributed by atoms with Crippen molar-refractivity contribution in [2.24, 2.45) is 0 Å². The maximum absolute atomic E-state index is 14.1. The Morgan fingerprint density at radius 2 is 1.63 bits per heavy atom. The van der Waals surface area contributed by atoms with Crippen molar-refractivity contribution in [1.82, 2.24) is 10.2 Å². The summed E-state index contributed by atoms with van der Waals surface area (Å²) in [6.45, 7) is 5.43. The minimum atomic E-state index is -4.30. The van der Waals surface area contributed by atoms with Crippen molar-refractivity contribution in [3.8, 4) is 5.75 Å². The molecule has 8 nitrogen and oxygen atoms in total. The molecule has 1 saturated carbocycles. The second kappa shape index (κ2) is 14.5. The fourth-order valence-electron chi connectivity index (χ4n) is 5.26. The molecular weight excluding hydrogens is 569 g/mol. The Labute approximate surface area is 253 Å². The molecule has 2 amide bonds. The van der Waals surface area contributed by atoms with Gasteiger partial charge in [-0.1, -0.05) is 43.5 Å². The molecule has 10 heteroatoms. The number of halogens is 1. The molecule has 0 saturated heterocycles. The van der Waals surface area contributed by atoms with Gasteiger partial charge in [-0.3, -0.25) is 13.9 Å². The first-order valence-electron chi connectivity index (χ1n) is 14.8. The van der Waals surface area contributed by atoms with Crippen LogP contribution in [0.1, 0.15) is 57.1 Å². The predicted octanol–water partition coefficient (Wildman–Crippen LogP) is 5.59. The zero-order valence-electron chi connectivity index (χ0n) is 25.0. The summed E-state index contributed by atoms with van der Waals surface area (Å²) >= 11 is 0. The Bertz CT molecular complexity index is 1490. The Hall–Kier alpha value is -3.92. The van der Waals surface area contributed by atoms with Crippen molar-refractivity contribution in [1.29, 1.82) is 0 Å². The van der Waals surface area contributed by atoms with Crippen molar-refractivity contribution < 1.29 is 27.1 Å². The van der Waals surface area contributed by atoms with Crippen molar-refractivity contribution in [3.05, 3.63) is 89.7 Å². The number of aryl methyl sites for hydroxylation is 1. The number of benzene rings is 3. The molecule has 3 aromatic carbocycles. The van der Waals surface area contributed by atoms with E-state index in [1.165, 1.54) is 17.0 Å². The number of amides is 2. The molecule has 0 radical (unpaired) electrons. The molecule has 1 aliphatic rings. The monoisotopic (exact) mass is 609 g/mol. The van der Waals surface area contributed by atoms with Crippen LogP contribution in [-0.4, -0.2) is 50.4 Å².